The molecule has 1 unspecified atom stereocenters. The summed E-state index contributed by atoms with van der Waals surface area (Å²) in [5.74, 6) is 5.23. The van der Waals surface area contributed by atoms with Gasteiger partial charge in [-0.15, -0.1) is 6.58 Å². The maximum Gasteiger partial charge on any atom is 0.0400 e. The first kappa shape index (κ1) is 9.62. The van der Waals surface area contributed by atoms with Crippen LogP contribution in [0.3, 0.4) is 0 Å². The quantitative estimate of drug-likeness (QED) is 0.322. The van der Waals surface area contributed by atoms with Crippen molar-refractivity contribution in [2.75, 3.05) is 20.6 Å². The van der Waals surface area contributed by atoms with E-state index in [4.69, 9.17) is 5.84 Å². The van der Waals surface area contributed by atoms with E-state index >= 15 is 0 Å². The Balaban J connectivity index is 3.34. The van der Waals surface area contributed by atoms with Crippen LogP contribution in [0.1, 0.15) is 6.42 Å². The Morgan fingerprint density at radius 1 is 1.70 bits per heavy atom. The molecular weight excluding hydrogens is 126 g/mol. The summed E-state index contributed by atoms with van der Waals surface area (Å²) in [6.45, 7) is 4.68. The second-order valence-corrected chi connectivity index (χ2v) is 2.60. The Morgan fingerprint density at radius 3 is 2.60 bits per heavy atom. The molecule has 0 aliphatic rings. The molecular formula is C7H17N3. The molecule has 0 aromatic heterocycles. The predicted molar refractivity (Wildman–Crippen MR) is 44.5 cm³/mol. The van der Waals surface area contributed by atoms with E-state index in [9.17, 15) is 0 Å². The van der Waals surface area contributed by atoms with Gasteiger partial charge in [0.2, 0.25) is 0 Å². The Kier molecular flexibility index (Phi) is 5.20. The molecule has 0 fully saturated rings. The maximum atomic E-state index is 5.23. The van der Waals surface area contributed by atoms with E-state index in [1.807, 2.05) is 20.2 Å². The van der Waals surface area contributed by atoms with Crippen LogP contribution >= 0.6 is 0 Å². The van der Waals surface area contributed by atoms with Gasteiger partial charge in [-0.25, -0.2) is 0 Å². The van der Waals surface area contributed by atoms with Crippen LogP contribution in [0.5, 0.6) is 0 Å². The van der Waals surface area contributed by atoms with Crippen LogP contribution in [-0.4, -0.2) is 31.6 Å². The molecule has 3 nitrogen and oxygen atoms in total. The first-order valence-electron chi connectivity index (χ1n) is 3.44. The third-order valence-electron chi connectivity index (χ3n) is 1.39. The highest BCUT2D eigenvalue weighted by Gasteiger charge is 1.99. The van der Waals surface area contributed by atoms with Gasteiger partial charge in [-0.05, 0) is 27.1 Å². The van der Waals surface area contributed by atoms with Crippen LogP contribution in [-0.2, 0) is 0 Å². The number of nitrogens with one attached hydrogen (secondary N) is 1. The van der Waals surface area contributed by atoms with Crippen LogP contribution in [0.25, 0.3) is 0 Å². The van der Waals surface area contributed by atoms with E-state index in [1.54, 1.807) is 0 Å². The van der Waals surface area contributed by atoms with E-state index in [2.05, 4.69) is 16.9 Å². The van der Waals surface area contributed by atoms with Gasteiger partial charge in [0.1, 0.15) is 0 Å². The average Bonchev–Trinajstić information content (AvgIpc) is 1.90. The van der Waals surface area contributed by atoms with Crippen molar-refractivity contribution in [3.05, 3.63) is 12.7 Å². The highest BCUT2D eigenvalue weighted by Crippen LogP contribution is 1.91. The molecule has 0 aromatic carbocycles. The van der Waals surface area contributed by atoms with Gasteiger partial charge >= 0.3 is 0 Å². The minimum atomic E-state index is 0.238. The van der Waals surface area contributed by atoms with Crippen LogP contribution in [0.2, 0.25) is 0 Å². The van der Waals surface area contributed by atoms with Crippen LogP contribution < -0.4 is 11.3 Å². The van der Waals surface area contributed by atoms with Crippen LogP contribution in [0, 0.1) is 0 Å². The van der Waals surface area contributed by atoms with Crippen molar-refractivity contribution >= 4 is 0 Å². The molecule has 0 rings (SSSR count). The number of hydrogen-bond donors (Lipinski definition) is 2. The summed E-state index contributed by atoms with van der Waals surface area (Å²) in [6, 6.07) is 0.238. The van der Waals surface area contributed by atoms with Crippen molar-refractivity contribution < 1.29 is 0 Å². The summed E-state index contributed by atoms with van der Waals surface area (Å²) in [7, 11) is 4.08. The smallest absolute Gasteiger partial charge is 0.0400 e. The number of nitrogens with two attached hydrogens (primary N) is 1. The third-order valence-corrected chi connectivity index (χ3v) is 1.39. The second kappa shape index (κ2) is 5.41. The molecule has 0 spiro atoms. The van der Waals surface area contributed by atoms with Gasteiger partial charge in [0.05, 0.1) is 0 Å². The molecule has 0 saturated carbocycles. The van der Waals surface area contributed by atoms with Crippen molar-refractivity contribution in [1.82, 2.24) is 10.3 Å². The van der Waals surface area contributed by atoms with E-state index in [-0.39, 0.29) is 6.04 Å². The lowest BCUT2D eigenvalue weighted by molar-refractivity contribution is 0.378. The number of hydrazine groups is 1. The standard InChI is InChI=1S/C7H17N3/c1-4-7(9-8)5-6-10(2)3/h4,7,9H,1,5-6,8H2,2-3H3. The zero-order chi connectivity index (χ0) is 7.98. The molecule has 10 heavy (non-hydrogen) atoms. The molecule has 0 heterocycles. The van der Waals surface area contributed by atoms with Crippen molar-refractivity contribution in [3.63, 3.8) is 0 Å². The summed E-state index contributed by atoms with van der Waals surface area (Å²) in [5, 5.41) is 0. The minimum Gasteiger partial charge on any atom is -0.309 e. The molecule has 0 saturated heterocycles. The van der Waals surface area contributed by atoms with E-state index in [0.29, 0.717) is 0 Å². The zero-order valence-electron chi connectivity index (χ0n) is 6.80. The molecule has 0 radical (unpaired) electrons. The molecule has 3 heteroatoms. The van der Waals surface area contributed by atoms with Crippen LogP contribution in [0.15, 0.2) is 12.7 Å². The van der Waals surface area contributed by atoms with Gasteiger partial charge in [0.25, 0.3) is 0 Å². The summed E-state index contributed by atoms with van der Waals surface area (Å²) < 4.78 is 0. The van der Waals surface area contributed by atoms with Crippen molar-refractivity contribution in [2.45, 2.75) is 12.5 Å². The first-order chi connectivity index (χ1) is 4.70. The van der Waals surface area contributed by atoms with Crippen LogP contribution in [0.4, 0.5) is 0 Å². The Morgan fingerprint density at radius 2 is 2.30 bits per heavy atom. The fourth-order valence-corrected chi connectivity index (χ4v) is 0.667. The molecule has 60 valence electrons. The van der Waals surface area contributed by atoms with Gasteiger partial charge in [0, 0.05) is 6.04 Å². The lowest BCUT2D eigenvalue weighted by Crippen LogP contribution is -2.35. The Labute approximate surface area is 62.9 Å². The molecule has 1 atom stereocenters. The molecule has 0 aromatic rings. The maximum absolute atomic E-state index is 5.23. The van der Waals surface area contributed by atoms with Gasteiger partial charge in [-0.1, -0.05) is 6.08 Å². The van der Waals surface area contributed by atoms with Crippen molar-refractivity contribution in [2.24, 2.45) is 5.84 Å². The second-order valence-electron chi connectivity index (χ2n) is 2.60. The molecule has 0 aliphatic heterocycles. The van der Waals surface area contributed by atoms with E-state index in [1.165, 1.54) is 0 Å². The van der Waals surface area contributed by atoms with E-state index in [0.717, 1.165) is 13.0 Å². The highest BCUT2D eigenvalue weighted by molar-refractivity contribution is 4.83. The molecule has 0 bridgehead atoms. The van der Waals surface area contributed by atoms with Crippen molar-refractivity contribution in [3.8, 4) is 0 Å². The minimum absolute atomic E-state index is 0.238. The first-order valence-corrected chi connectivity index (χ1v) is 3.44. The summed E-state index contributed by atoms with van der Waals surface area (Å²) in [4.78, 5) is 2.12. The fraction of sp³-hybridized carbons (Fsp3) is 0.714. The monoisotopic (exact) mass is 143 g/mol. The van der Waals surface area contributed by atoms with Gasteiger partial charge in [-0.3, -0.25) is 11.3 Å². The highest BCUT2D eigenvalue weighted by atomic mass is 15.2. The van der Waals surface area contributed by atoms with E-state index < -0.39 is 0 Å². The molecule has 0 aliphatic carbocycles. The zero-order valence-corrected chi connectivity index (χ0v) is 6.80. The number of hydrogen-bond acceptors (Lipinski definition) is 3. The lowest BCUT2D eigenvalue weighted by atomic mass is 10.2. The Hall–Kier alpha value is -0.380. The molecule has 0 amide bonds. The molecule has 3 N–H and O–H groups in total. The normalized spacial score (nSPS) is 13.6. The Bertz CT molecular complexity index is 90.9. The summed E-state index contributed by atoms with van der Waals surface area (Å²) >= 11 is 0. The fourth-order valence-electron chi connectivity index (χ4n) is 0.667. The summed E-state index contributed by atoms with van der Waals surface area (Å²) in [5.41, 5.74) is 2.66. The van der Waals surface area contributed by atoms with Crippen molar-refractivity contribution in [1.29, 1.82) is 0 Å². The lowest BCUT2D eigenvalue weighted by Gasteiger charge is -2.14. The summed E-state index contributed by atoms with van der Waals surface area (Å²) in [6.07, 6.45) is 2.83. The van der Waals surface area contributed by atoms with Gasteiger partial charge < -0.3 is 4.90 Å². The SMILES string of the molecule is C=CC(CCN(C)C)NN. The number of nitrogens with zero attached hydrogens (tertiary/aromatic N) is 1. The largest absolute Gasteiger partial charge is 0.309 e. The van der Waals surface area contributed by atoms with Gasteiger partial charge in [0.15, 0.2) is 0 Å². The average molecular weight is 143 g/mol. The predicted octanol–water partition coefficient (Wildman–Crippen LogP) is -0.0440. The number of rotatable bonds is 5. The topological polar surface area (TPSA) is 41.3 Å². The third kappa shape index (κ3) is 4.49. The van der Waals surface area contributed by atoms with Gasteiger partial charge in [-0.2, -0.15) is 0 Å².